The van der Waals surface area contributed by atoms with Crippen molar-refractivity contribution in [2.24, 2.45) is 0 Å². The average Bonchev–Trinajstić information content (AvgIpc) is 3.31. The number of amides is 1. The van der Waals surface area contributed by atoms with E-state index in [9.17, 15) is 4.79 Å². The lowest BCUT2D eigenvalue weighted by Gasteiger charge is -2.13. The van der Waals surface area contributed by atoms with Crippen molar-refractivity contribution in [3.63, 3.8) is 0 Å². The molecule has 3 aromatic rings. The van der Waals surface area contributed by atoms with Crippen molar-refractivity contribution in [3.8, 4) is 17.2 Å². The minimum absolute atomic E-state index is 0.219. The van der Waals surface area contributed by atoms with Gasteiger partial charge in [-0.1, -0.05) is 17.7 Å². The zero-order valence-corrected chi connectivity index (χ0v) is 14.9. The van der Waals surface area contributed by atoms with E-state index in [4.69, 9.17) is 25.5 Å². The zero-order chi connectivity index (χ0) is 18.4. The topological polar surface area (TPSA) is 89.4 Å². The number of nitrogens with zero attached hydrogens (tertiary/aromatic N) is 1. The first kappa shape index (κ1) is 18.0. The lowest BCUT2D eigenvalue weighted by atomic mass is 10.2. The molecule has 0 aliphatic heterocycles. The Bertz CT molecular complexity index is 861. The minimum Gasteiger partial charge on any atom is -0.487 e. The molecule has 26 heavy (non-hydrogen) atoms. The van der Waals surface area contributed by atoms with Crippen LogP contribution in [0.15, 0.2) is 47.1 Å². The average molecular weight is 376 g/mol. The fourth-order valence-corrected chi connectivity index (χ4v) is 2.51. The number of anilines is 1. The molecule has 0 atom stereocenters. The maximum absolute atomic E-state index is 12.5. The molecule has 2 aromatic heterocycles. The van der Waals surface area contributed by atoms with E-state index < -0.39 is 5.91 Å². The van der Waals surface area contributed by atoms with Crippen molar-refractivity contribution in [1.82, 2.24) is 10.2 Å². The normalized spacial score (nSPS) is 10.7. The van der Waals surface area contributed by atoms with Crippen molar-refractivity contribution in [3.05, 3.63) is 53.4 Å². The van der Waals surface area contributed by atoms with E-state index in [0.29, 0.717) is 47.7 Å². The van der Waals surface area contributed by atoms with Gasteiger partial charge < -0.3 is 19.2 Å². The monoisotopic (exact) mass is 375 g/mol. The van der Waals surface area contributed by atoms with Crippen LogP contribution < -0.4 is 10.1 Å². The number of carbonyl (C=O) groups excluding carboxylic acids is 1. The van der Waals surface area contributed by atoms with Crippen molar-refractivity contribution in [1.29, 1.82) is 0 Å². The van der Waals surface area contributed by atoms with E-state index in [1.165, 1.54) is 0 Å². The molecule has 0 spiro atoms. The number of nitrogens with one attached hydrogen (secondary N) is 2. The quantitative estimate of drug-likeness (QED) is 0.581. The Kier molecular flexibility index (Phi) is 5.93. The second-order valence-corrected chi connectivity index (χ2v) is 5.67. The second kappa shape index (κ2) is 8.55. The van der Waals surface area contributed by atoms with Gasteiger partial charge in [0.1, 0.15) is 12.3 Å². The lowest BCUT2D eigenvalue weighted by molar-refractivity contribution is 0.102. The van der Waals surface area contributed by atoms with Crippen molar-refractivity contribution in [2.75, 3.05) is 25.1 Å². The van der Waals surface area contributed by atoms with Crippen LogP contribution in [0.4, 0.5) is 5.69 Å². The summed E-state index contributed by atoms with van der Waals surface area (Å²) in [7, 11) is 0. The van der Waals surface area contributed by atoms with Crippen LogP contribution in [-0.4, -0.2) is 35.9 Å². The molecule has 0 saturated heterocycles. The number of H-pyrrole nitrogens is 1. The molecule has 8 heteroatoms. The second-order valence-electron chi connectivity index (χ2n) is 5.26. The summed E-state index contributed by atoms with van der Waals surface area (Å²) in [5, 5.41) is 9.95. The summed E-state index contributed by atoms with van der Waals surface area (Å²) in [6, 6.07) is 10.3. The highest BCUT2D eigenvalue weighted by Crippen LogP contribution is 2.33. The molecule has 1 aromatic carbocycles. The van der Waals surface area contributed by atoms with Gasteiger partial charge in [-0.15, -0.1) is 0 Å². The molecule has 7 nitrogen and oxygen atoms in total. The van der Waals surface area contributed by atoms with Gasteiger partial charge in [0.2, 0.25) is 0 Å². The first-order valence-corrected chi connectivity index (χ1v) is 8.46. The van der Waals surface area contributed by atoms with E-state index in [0.717, 1.165) is 0 Å². The fourth-order valence-electron chi connectivity index (χ4n) is 2.28. The van der Waals surface area contributed by atoms with Gasteiger partial charge >= 0.3 is 0 Å². The lowest BCUT2D eigenvalue weighted by Crippen LogP contribution is -2.14. The number of aromatic amines is 1. The number of rotatable bonds is 8. The maximum Gasteiger partial charge on any atom is 0.276 e. The van der Waals surface area contributed by atoms with Crippen LogP contribution in [0, 0.1) is 0 Å². The smallest absolute Gasteiger partial charge is 0.276 e. The van der Waals surface area contributed by atoms with Crippen LogP contribution in [0.25, 0.3) is 11.5 Å². The van der Waals surface area contributed by atoms with Gasteiger partial charge in [-0.2, -0.15) is 5.10 Å². The number of benzene rings is 1. The number of halogens is 1. The summed E-state index contributed by atoms with van der Waals surface area (Å²) in [6.45, 7) is 3.26. The summed E-state index contributed by atoms with van der Waals surface area (Å²) in [5.74, 6) is 0.597. The van der Waals surface area contributed by atoms with Crippen molar-refractivity contribution >= 4 is 23.2 Å². The number of hydrogen-bond acceptors (Lipinski definition) is 5. The molecule has 0 fully saturated rings. The first-order valence-electron chi connectivity index (χ1n) is 8.08. The Morgan fingerprint density at radius 3 is 2.96 bits per heavy atom. The molecule has 0 aliphatic rings. The summed E-state index contributed by atoms with van der Waals surface area (Å²) >= 11 is 6.19. The van der Waals surface area contributed by atoms with Gasteiger partial charge in [0, 0.05) is 12.7 Å². The number of aromatic nitrogens is 2. The van der Waals surface area contributed by atoms with Gasteiger partial charge in [-0.05, 0) is 31.2 Å². The molecular formula is C18H18ClN3O4. The highest BCUT2D eigenvalue weighted by molar-refractivity contribution is 6.32. The third kappa shape index (κ3) is 4.25. The van der Waals surface area contributed by atoms with Gasteiger partial charge in [-0.3, -0.25) is 9.89 Å². The van der Waals surface area contributed by atoms with E-state index in [1.807, 2.05) is 6.92 Å². The van der Waals surface area contributed by atoms with Gasteiger partial charge in [-0.25, -0.2) is 0 Å². The van der Waals surface area contributed by atoms with Crippen LogP contribution in [0.3, 0.4) is 0 Å². The van der Waals surface area contributed by atoms with Gasteiger partial charge in [0.15, 0.2) is 17.2 Å². The molecule has 2 N–H and O–H groups in total. The van der Waals surface area contributed by atoms with E-state index in [2.05, 4.69) is 15.5 Å². The Morgan fingerprint density at radius 2 is 2.19 bits per heavy atom. The van der Waals surface area contributed by atoms with Gasteiger partial charge in [0.25, 0.3) is 5.91 Å². The third-order valence-corrected chi connectivity index (χ3v) is 3.79. The standard InChI is InChI=1S/C18H18ClN3O4/c1-2-24-9-10-26-17-12(19)5-3-6-13(17)20-18(23)15-11-14(21-22-15)16-7-4-8-25-16/h3-8,11H,2,9-10H2,1H3,(H,20,23)(H,21,22). The Morgan fingerprint density at radius 1 is 1.31 bits per heavy atom. The van der Waals surface area contributed by atoms with E-state index >= 15 is 0 Å². The van der Waals surface area contributed by atoms with Gasteiger partial charge in [0.05, 0.1) is 23.6 Å². The maximum atomic E-state index is 12.5. The molecule has 3 rings (SSSR count). The molecule has 1 amide bonds. The number of ether oxygens (including phenoxy) is 2. The van der Waals surface area contributed by atoms with Crippen molar-refractivity contribution < 1.29 is 18.7 Å². The molecule has 0 unspecified atom stereocenters. The van der Waals surface area contributed by atoms with Crippen LogP contribution >= 0.6 is 11.6 Å². The predicted molar refractivity (Wildman–Crippen MR) is 97.7 cm³/mol. The summed E-state index contributed by atoms with van der Waals surface area (Å²) in [6.07, 6.45) is 1.55. The molecule has 0 bridgehead atoms. The van der Waals surface area contributed by atoms with Crippen LogP contribution in [0.1, 0.15) is 17.4 Å². The summed E-state index contributed by atoms with van der Waals surface area (Å²) < 4.78 is 16.2. The number of hydrogen-bond donors (Lipinski definition) is 2. The van der Waals surface area contributed by atoms with Crippen molar-refractivity contribution in [2.45, 2.75) is 6.92 Å². The summed E-state index contributed by atoms with van der Waals surface area (Å²) in [4.78, 5) is 12.5. The van der Waals surface area contributed by atoms with Crippen LogP contribution in [0.5, 0.6) is 5.75 Å². The molecule has 0 saturated carbocycles. The SMILES string of the molecule is CCOCCOc1c(Cl)cccc1NC(=O)c1cc(-c2ccco2)[nH]n1. The zero-order valence-electron chi connectivity index (χ0n) is 14.1. The number of furan rings is 1. The largest absolute Gasteiger partial charge is 0.487 e. The summed E-state index contributed by atoms with van der Waals surface area (Å²) in [5.41, 5.74) is 1.29. The Hall–Kier alpha value is -2.77. The fraction of sp³-hybridized carbons (Fsp3) is 0.222. The van der Waals surface area contributed by atoms with E-state index in [1.54, 1.807) is 42.7 Å². The molecule has 0 aliphatic carbocycles. The molecule has 136 valence electrons. The minimum atomic E-state index is -0.393. The highest BCUT2D eigenvalue weighted by atomic mass is 35.5. The number of carbonyl (C=O) groups is 1. The number of para-hydroxylation sites is 1. The Labute approximate surface area is 155 Å². The van der Waals surface area contributed by atoms with E-state index in [-0.39, 0.29) is 5.69 Å². The highest BCUT2D eigenvalue weighted by Gasteiger charge is 2.16. The third-order valence-electron chi connectivity index (χ3n) is 3.49. The molecule has 0 radical (unpaired) electrons. The Balaban J connectivity index is 1.72. The van der Waals surface area contributed by atoms with Crippen LogP contribution in [-0.2, 0) is 4.74 Å². The van der Waals surface area contributed by atoms with Crippen LogP contribution in [0.2, 0.25) is 5.02 Å². The molecular weight excluding hydrogens is 358 g/mol. The molecule has 2 heterocycles. The predicted octanol–water partition coefficient (Wildman–Crippen LogP) is 3.99. The first-order chi connectivity index (χ1) is 12.7.